The third kappa shape index (κ3) is 3.04. The van der Waals surface area contributed by atoms with Crippen LogP contribution in [0.2, 0.25) is 0 Å². The molecule has 0 spiro atoms. The first kappa shape index (κ1) is 11.6. The second-order valence-electron chi connectivity index (χ2n) is 4.13. The molecule has 1 aromatic rings. The Kier molecular flexibility index (Phi) is 3.64. The Labute approximate surface area is 89.2 Å². The van der Waals surface area contributed by atoms with E-state index >= 15 is 0 Å². The summed E-state index contributed by atoms with van der Waals surface area (Å²) in [5, 5.41) is 15.9. The van der Waals surface area contributed by atoms with Crippen molar-refractivity contribution in [2.75, 3.05) is 0 Å². The molecule has 1 unspecified atom stereocenters. The van der Waals surface area contributed by atoms with Crippen LogP contribution in [0.4, 0.5) is 0 Å². The molecule has 0 aromatic carbocycles. The predicted molar refractivity (Wildman–Crippen MR) is 59.5 cm³/mol. The summed E-state index contributed by atoms with van der Waals surface area (Å²) in [5.41, 5.74) is 0.793. The molecule has 0 radical (unpaired) electrons. The lowest BCUT2D eigenvalue weighted by atomic mass is 9.99. The van der Waals surface area contributed by atoms with Gasteiger partial charge in [-0.1, -0.05) is 0 Å². The molecule has 1 heterocycles. The van der Waals surface area contributed by atoms with Gasteiger partial charge in [0.2, 0.25) is 0 Å². The van der Waals surface area contributed by atoms with Gasteiger partial charge in [0, 0.05) is 23.2 Å². The quantitative estimate of drug-likeness (QED) is 0.802. The van der Waals surface area contributed by atoms with Crippen LogP contribution in [0, 0.1) is 6.92 Å². The van der Waals surface area contributed by atoms with E-state index in [1.807, 2.05) is 26.2 Å². The fourth-order valence-corrected chi connectivity index (χ4v) is 1.65. The molecular formula is C10H18N2OS. The highest BCUT2D eigenvalue weighted by atomic mass is 32.1. The van der Waals surface area contributed by atoms with Crippen molar-refractivity contribution in [1.29, 1.82) is 0 Å². The molecule has 0 fully saturated rings. The summed E-state index contributed by atoms with van der Waals surface area (Å²) in [4.78, 5) is 4.35. The van der Waals surface area contributed by atoms with E-state index in [0.717, 1.165) is 17.2 Å². The first-order chi connectivity index (χ1) is 6.42. The lowest BCUT2D eigenvalue weighted by Gasteiger charge is -2.29. The summed E-state index contributed by atoms with van der Waals surface area (Å²) in [6.07, 6.45) is -0.372. The zero-order chi connectivity index (χ0) is 10.8. The van der Waals surface area contributed by atoms with E-state index in [1.54, 1.807) is 18.3 Å². The molecule has 0 aliphatic rings. The van der Waals surface area contributed by atoms with Crippen LogP contribution >= 0.6 is 11.3 Å². The van der Waals surface area contributed by atoms with Crippen LogP contribution in [-0.4, -0.2) is 21.7 Å². The molecule has 80 valence electrons. The van der Waals surface area contributed by atoms with Crippen molar-refractivity contribution in [2.45, 2.75) is 45.9 Å². The van der Waals surface area contributed by atoms with Crippen molar-refractivity contribution >= 4 is 11.3 Å². The van der Waals surface area contributed by atoms with Gasteiger partial charge < -0.3 is 10.4 Å². The van der Waals surface area contributed by atoms with Crippen LogP contribution in [0.25, 0.3) is 0 Å². The van der Waals surface area contributed by atoms with Gasteiger partial charge >= 0.3 is 0 Å². The van der Waals surface area contributed by atoms with Crippen molar-refractivity contribution in [3.05, 3.63) is 16.1 Å². The van der Waals surface area contributed by atoms with E-state index in [9.17, 15) is 5.11 Å². The maximum atomic E-state index is 9.48. The van der Waals surface area contributed by atoms with E-state index in [4.69, 9.17) is 0 Å². The van der Waals surface area contributed by atoms with Gasteiger partial charge in [-0.15, -0.1) is 11.3 Å². The lowest BCUT2D eigenvalue weighted by Crippen LogP contribution is -2.47. The van der Waals surface area contributed by atoms with Gasteiger partial charge in [-0.25, -0.2) is 4.98 Å². The molecule has 14 heavy (non-hydrogen) atoms. The molecule has 0 saturated heterocycles. The summed E-state index contributed by atoms with van der Waals surface area (Å²) in [6.45, 7) is 8.46. The molecule has 1 aromatic heterocycles. The number of hydrogen-bond acceptors (Lipinski definition) is 4. The van der Waals surface area contributed by atoms with Crippen LogP contribution in [0.1, 0.15) is 31.5 Å². The van der Waals surface area contributed by atoms with Gasteiger partial charge in [-0.3, -0.25) is 0 Å². The first-order valence-corrected chi connectivity index (χ1v) is 5.64. The van der Waals surface area contributed by atoms with Gasteiger partial charge in [-0.2, -0.15) is 0 Å². The SMILES string of the molecule is Cc1csc(CNC(C)(C)C(C)O)n1. The van der Waals surface area contributed by atoms with Gasteiger partial charge in [0.25, 0.3) is 0 Å². The summed E-state index contributed by atoms with van der Waals surface area (Å²) >= 11 is 1.65. The molecule has 0 aliphatic carbocycles. The number of aromatic nitrogens is 1. The topological polar surface area (TPSA) is 45.1 Å². The van der Waals surface area contributed by atoms with Crippen LogP contribution in [0.3, 0.4) is 0 Å². The van der Waals surface area contributed by atoms with Gasteiger partial charge in [-0.05, 0) is 27.7 Å². The molecule has 0 bridgehead atoms. The van der Waals surface area contributed by atoms with Crippen LogP contribution in [0.15, 0.2) is 5.38 Å². The Balaban J connectivity index is 2.48. The van der Waals surface area contributed by atoms with Crippen molar-refractivity contribution in [3.63, 3.8) is 0 Å². The standard InChI is InChI=1S/C10H18N2OS/c1-7-6-14-9(12-7)5-11-10(3,4)8(2)13/h6,8,11,13H,5H2,1-4H3. The highest BCUT2D eigenvalue weighted by molar-refractivity contribution is 7.09. The summed E-state index contributed by atoms with van der Waals surface area (Å²) in [5.74, 6) is 0. The van der Waals surface area contributed by atoms with Gasteiger partial charge in [0.05, 0.1) is 6.10 Å². The largest absolute Gasteiger partial charge is 0.392 e. The number of nitrogens with zero attached hydrogens (tertiary/aromatic N) is 1. The van der Waals surface area contributed by atoms with E-state index in [-0.39, 0.29) is 11.6 Å². The second-order valence-corrected chi connectivity index (χ2v) is 5.08. The Bertz CT molecular complexity index is 294. The number of aliphatic hydroxyl groups excluding tert-OH is 1. The van der Waals surface area contributed by atoms with Crippen LogP contribution < -0.4 is 5.32 Å². The average molecular weight is 214 g/mol. The summed E-state index contributed by atoms with van der Waals surface area (Å²) in [6, 6.07) is 0. The molecule has 1 rings (SSSR count). The first-order valence-electron chi connectivity index (χ1n) is 4.76. The molecule has 4 heteroatoms. The van der Waals surface area contributed by atoms with E-state index in [0.29, 0.717) is 0 Å². The second kappa shape index (κ2) is 4.38. The average Bonchev–Trinajstić information content (AvgIpc) is 2.48. The van der Waals surface area contributed by atoms with Gasteiger partial charge in [0.15, 0.2) is 0 Å². The van der Waals surface area contributed by atoms with Gasteiger partial charge in [0.1, 0.15) is 5.01 Å². The van der Waals surface area contributed by atoms with Crippen LogP contribution in [0.5, 0.6) is 0 Å². The Morgan fingerprint density at radius 2 is 2.29 bits per heavy atom. The zero-order valence-corrected chi connectivity index (χ0v) is 9.98. The van der Waals surface area contributed by atoms with Crippen molar-refractivity contribution in [2.24, 2.45) is 0 Å². The molecule has 3 nitrogen and oxygen atoms in total. The molecule has 0 aliphatic heterocycles. The Hall–Kier alpha value is -0.450. The number of nitrogens with one attached hydrogen (secondary N) is 1. The molecule has 0 amide bonds. The smallest absolute Gasteiger partial charge is 0.107 e. The predicted octanol–water partition coefficient (Wildman–Crippen LogP) is 1.70. The normalized spacial score (nSPS) is 14.4. The number of aliphatic hydroxyl groups is 1. The number of aryl methyl sites for hydroxylation is 1. The van der Waals surface area contributed by atoms with Crippen LogP contribution in [-0.2, 0) is 6.54 Å². The molecule has 2 N–H and O–H groups in total. The molecule has 0 saturated carbocycles. The summed E-state index contributed by atoms with van der Waals surface area (Å²) in [7, 11) is 0. The van der Waals surface area contributed by atoms with Crippen molar-refractivity contribution < 1.29 is 5.11 Å². The fraction of sp³-hybridized carbons (Fsp3) is 0.700. The number of hydrogen-bond donors (Lipinski definition) is 2. The minimum Gasteiger partial charge on any atom is -0.392 e. The van der Waals surface area contributed by atoms with E-state index in [2.05, 4.69) is 10.3 Å². The van der Waals surface area contributed by atoms with E-state index in [1.165, 1.54) is 0 Å². The number of rotatable bonds is 4. The zero-order valence-electron chi connectivity index (χ0n) is 9.16. The third-order valence-corrected chi connectivity index (χ3v) is 3.37. The highest BCUT2D eigenvalue weighted by Gasteiger charge is 2.23. The van der Waals surface area contributed by atoms with Crippen molar-refractivity contribution in [3.8, 4) is 0 Å². The molecular weight excluding hydrogens is 196 g/mol. The maximum Gasteiger partial charge on any atom is 0.107 e. The third-order valence-electron chi connectivity index (χ3n) is 2.41. The van der Waals surface area contributed by atoms with E-state index < -0.39 is 0 Å². The monoisotopic (exact) mass is 214 g/mol. The minimum absolute atomic E-state index is 0.264. The lowest BCUT2D eigenvalue weighted by molar-refractivity contribution is 0.0956. The highest BCUT2D eigenvalue weighted by Crippen LogP contribution is 2.12. The fourth-order valence-electron chi connectivity index (χ4n) is 0.935. The molecule has 1 atom stereocenters. The Morgan fingerprint density at radius 3 is 2.71 bits per heavy atom. The maximum absolute atomic E-state index is 9.48. The number of thiazole rings is 1. The van der Waals surface area contributed by atoms with Crippen molar-refractivity contribution in [1.82, 2.24) is 10.3 Å². The Morgan fingerprint density at radius 1 is 1.64 bits per heavy atom. The summed E-state index contributed by atoms with van der Waals surface area (Å²) < 4.78 is 0. The minimum atomic E-state index is -0.372.